The first-order chi connectivity index (χ1) is 10.1. The van der Waals surface area contributed by atoms with E-state index in [1.54, 1.807) is 30.1 Å². The number of amides is 1. The Labute approximate surface area is 134 Å². The van der Waals surface area contributed by atoms with E-state index in [4.69, 9.17) is 17.3 Å². The van der Waals surface area contributed by atoms with Gasteiger partial charge < -0.3 is 10.6 Å². The number of hydrogen-bond acceptors (Lipinski definition) is 3. The second-order valence-corrected chi connectivity index (χ2v) is 6.14. The second kappa shape index (κ2) is 7.38. The van der Waals surface area contributed by atoms with Gasteiger partial charge in [-0.15, -0.1) is 11.8 Å². The van der Waals surface area contributed by atoms with Crippen LogP contribution in [-0.2, 0) is 11.3 Å². The van der Waals surface area contributed by atoms with Crippen LogP contribution in [0.4, 0.5) is 5.69 Å². The van der Waals surface area contributed by atoms with E-state index in [2.05, 4.69) is 0 Å². The minimum atomic E-state index is 0.0577. The van der Waals surface area contributed by atoms with E-state index in [9.17, 15) is 4.79 Å². The number of nitrogens with two attached hydrogens (primary N) is 1. The lowest BCUT2D eigenvalue weighted by Gasteiger charge is -2.17. The van der Waals surface area contributed by atoms with E-state index < -0.39 is 0 Å². The Morgan fingerprint density at radius 1 is 1.24 bits per heavy atom. The fourth-order valence-electron chi connectivity index (χ4n) is 1.83. The zero-order valence-electron chi connectivity index (χ0n) is 11.8. The van der Waals surface area contributed by atoms with Crippen molar-refractivity contribution in [2.45, 2.75) is 11.4 Å². The van der Waals surface area contributed by atoms with E-state index >= 15 is 0 Å². The van der Waals surface area contributed by atoms with Crippen LogP contribution in [0.3, 0.4) is 0 Å². The molecule has 5 heteroatoms. The summed E-state index contributed by atoms with van der Waals surface area (Å²) in [6.07, 6.45) is 0. The Kier molecular flexibility index (Phi) is 5.53. The monoisotopic (exact) mass is 320 g/mol. The molecule has 2 N–H and O–H groups in total. The fraction of sp³-hybridized carbons (Fsp3) is 0.188. The predicted molar refractivity (Wildman–Crippen MR) is 89.5 cm³/mol. The van der Waals surface area contributed by atoms with Crippen molar-refractivity contribution < 1.29 is 4.79 Å². The number of halogens is 1. The van der Waals surface area contributed by atoms with Gasteiger partial charge in [0.25, 0.3) is 0 Å². The summed E-state index contributed by atoms with van der Waals surface area (Å²) in [5.74, 6) is 0.398. The molecule has 0 heterocycles. The molecule has 1 amide bonds. The number of rotatable bonds is 5. The van der Waals surface area contributed by atoms with Gasteiger partial charge in [0.1, 0.15) is 0 Å². The van der Waals surface area contributed by atoms with Crippen LogP contribution in [0.2, 0.25) is 5.02 Å². The van der Waals surface area contributed by atoms with Crippen molar-refractivity contribution in [2.24, 2.45) is 0 Å². The molecule has 0 spiro atoms. The number of nitrogens with zero attached hydrogens (tertiary/aromatic N) is 1. The average molecular weight is 321 g/mol. The second-order valence-electron chi connectivity index (χ2n) is 4.71. The molecule has 0 aromatic heterocycles. The molecular formula is C16H17ClN2OS. The van der Waals surface area contributed by atoms with Crippen LogP contribution in [0, 0.1) is 0 Å². The van der Waals surface area contributed by atoms with Crippen LogP contribution in [0.1, 0.15) is 5.56 Å². The highest BCUT2D eigenvalue weighted by atomic mass is 35.5. The molecule has 3 nitrogen and oxygen atoms in total. The maximum absolute atomic E-state index is 12.1. The number of thioether (sulfide) groups is 1. The van der Waals surface area contributed by atoms with Gasteiger partial charge in [-0.2, -0.15) is 0 Å². The van der Waals surface area contributed by atoms with E-state index in [1.807, 2.05) is 30.3 Å². The number of carbonyl (C=O) groups is 1. The standard InChI is InChI=1S/C16H17ClN2OS/c1-19(10-12-5-3-2-4-6-12)16(20)11-21-15-9-13(18)7-8-14(15)17/h2-9H,10-11,18H2,1H3. The van der Waals surface area contributed by atoms with Gasteiger partial charge >= 0.3 is 0 Å². The molecule has 0 saturated heterocycles. The van der Waals surface area contributed by atoms with Crippen molar-refractivity contribution in [2.75, 3.05) is 18.5 Å². The number of benzene rings is 2. The quantitative estimate of drug-likeness (QED) is 0.675. The molecular weight excluding hydrogens is 304 g/mol. The van der Waals surface area contributed by atoms with E-state index in [0.29, 0.717) is 23.0 Å². The largest absolute Gasteiger partial charge is 0.399 e. The Morgan fingerprint density at radius 3 is 2.67 bits per heavy atom. The summed E-state index contributed by atoms with van der Waals surface area (Å²) in [6.45, 7) is 0.602. The van der Waals surface area contributed by atoms with Crippen molar-refractivity contribution in [3.63, 3.8) is 0 Å². The number of carbonyl (C=O) groups excluding carboxylic acids is 1. The lowest BCUT2D eigenvalue weighted by atomic mass is 10.2. The summed E-state index contributed by atoms with van der Waals surface area (Å²) < 4.78 is 0. The first-order valence-corrected chi connectivity index (χ1v) is 7.88. The molecule has 0 radical (unpaired) electrons. The Balaban J connectivity index is 1.91. The smallest absolute Gasteiger partial charge is 0.232 e. The van der Waals surface area contributed by atoms with E-state index in [1.165, 1.54) is 11.8 Å². The molecule has 0 aliphatic rings. The maximum Gasteiger partial charge on any atom is 0.232 e. The zero-order valence-corrected chi connectivity index (χ0v) is 13.3. The lowest BCUT2D eigenvalue weighted by Crippen LogP contribution is -2.27. The van der Waals surface area contributed by atoms with Gasteiger partial charge in [0.2, 0.25) is 5.91 Å². The first kappa shape index (κ1) is 15.7. The minimum absolute atomic E-state index is 0.0577. The summed E-state index contributed by atoms with van der Waals surface area (Å²) in [5.41, 5.74) is 7.49. The molecule has 0 aliphatic heterocycles. The van der Waals surface area contributed by atoms with Gasteiger partial charge in [0, 0.05) is 24.2 Å². The van der Waals surface area contributed by atoms with Gasteiger partial charge in [0.15, 0.2) is 0 Å². The van der Waals surface area contributed by atoms with Crippen molar-refractivity contribution >= 4 is 35.0 Å². The third-order valence-corrected chi connectivity index (χ3v) is 4.48. The van der Waals surface area contributed by atoms with Crippen LogP contribution in [-0.4, -0.2) is 23.6 Å². The van der Waals surface area contributed by atoms with E-state index in [-0.39, 0.29) is 5.91 Å². The number of anilines is 1. The summed E-state index contributed by atoms with van der Waals surface area (Å²) in [4.78, 5) is 14.7. The highest BCUT2D eigenvalue weighted by molar-refractivity contribution is 8.00. The third-order valence-electron chi connectivity index (χ3n) is 2.99. The first-order valence-electron chi connectivity index (χ1n) is 6.52. The molecule has 2 aromatic carbocycles. The summed E-state index contributed by atoms with van der Waals surface area (Å²) in [7, 11) is 1.80. The highest BCUT2D eigenvalue weighted by Crippen LogP contribution is 2.29. The van der Waals surface area contributed by atoms with Crippen LogP contribution >= 0.6 is 23.4 Å². The maximum atomic E-state index is 12.1. The van der Waals surface area contributed by atoms with Crippen molar-refractivity contribution in [3.05, 3.63) is 59.1 Å². The normalized spacial score (nSPS) is 10.4. The lowest BCUT2D eigenvalue weighted by molar-refractivity contribution is -0.127. The van der Waals surface area contributed by atoms with E-state index in [0.717, 1.165) is 10.5 Å². The predicted octanol–water partition coefficient (Wildman–Crippen LogP) is 3.67. The molecule has 0 fully saturated rings. The van der Waals surface area contributed by atoms with Crippen molar-refractivity contribution in [1.29, 1.82) is 0 Å². The van der Waals surface area contributed by atoms with Crippen LogP contribution in [0.25, 0.3) is 0 Å². The number of hydrogen-bond donors (Lipinski definition) is 1. The van der Waals surface area contributed by atoms with Crippen molar-refractivity contribution in [3.8, 4) is 0 Å². The van der Waals surface area contributed by atoms with Crippen LogP contribution < -0.4 is 5.73 Å². The minimum Gasteiger partial charge on any atom is -0.399 e. The SMILES string of the molecule is CN(Cc1ccccc1)C(=O)CSc1cc(N)ccc1Cl. The average Bonchev–Trinajstić information content (AvgIpc) is 2.49. The highest BCUT2D eigenvalue weighted by Gasteiger charge is 2.11. The van der Waals surface area contributed by atoms with Crippen LogP contribution in [0.15, 0.2) is 53.4 Å². The molecule has 21 heavy (non-hydrogen) atoms. The molecule has 0 aliphatic carbocycles. The van der Waals surface area contributed by atoms with Gasteiger partial charge in [-0.25, -0.2) is 0 Å². The summed E-state index contributed by atoms with van der Waals surface area (Å²) >= 11 is 7.49. The van der Waals surface area contributed by atoms with Gasteiger partial charge in [-0.05, 0) is 23.8 Å². The summed E-state index contributed by atoms with van der Waals surface area (Å²) in [5, 5.41) is 0.618. The van der Waals surface area contributed by atoms with Crippen molar-refractivity contribution in [1.82, 2.24) is 4.90 Å². The fourth-order valence-corrected chi connectivity index (χ4v) is 3.03. The molecule has 0 bridgehead atoms. The molecule has 2 rings (SSSR count). The van der Waals surface area contributed by atoms with Crippen LogP contribution in [0.5, 0.6) is 0 Å². The molecule has 0 saturated carbocycles. The topological polar surface area (TPSA) is 46.3 Å². The van der Waals surface area contributed by atoms with Gasteiger partial charge in [-0.1, -0.05) is 41.9 Å². The Morgan fingerprint density at radius 2 is 1.95 bits per heavy atom. The molecule has 0 atom stereocenters. The summed E-state index contributed by atoms with van der Waals surface area (Å²) in [6, 6.07) is 15.2. The third kappa shape index (κ3) is 4.69. The molecule has 0 unspecified atom stereocenters. The Bertz CT molecular complexity index is 619. The number of nitrogen functional groups attached to an aromatic ring is 1. The van der Waals surface area contributed by atoms with Gasteiger partial charge in [0.05, 0.1) is 10.8 Å². The zero-order chi connectivity index (χ0) is 15.2. The molecule has 2 aromatic rings. The Hall–Kier alpha value is -1.65. The molecule has 110 valence electrons. The van der Waals surface area contributed by atoms with Gasteiger partial charge in [-0.3, -0.25) is 4.79 Å².